The smallest absolute Gasteiger partial charge is 0.244 e. The van der Waals surface area contributed by atoms with Crippen LogP contribution in [0, 0.1) is 0 Å². The zero-order chi connectivity index (χ0) is 19.1. The van der Waals surface area contributed by atoms with Crippen molar-refractivity contribution in [1.29, 1.82) is 0 Å². The average molecular weight is 366 g/mol. The number of hydrogen-bond donors (Lipinski definition) is 1. The van der Waals surface area contributed by atoms with Gasteiger partial charge < -0.3 is 5.73 Å². The number of carbonyl (C=O) groups is 1. The molecule has 2 N–H and O–H groups in total. The molecule has 0 fully saturated rings. The van der Waals surface area contributed by atoms with E-state index in [9.17, 15) is 4.79 Å². The quantitative estimate of drug-likeness (QED) is 0.617. The lowest BCUT2D eigenvalue weighted by atomic mass is 10.1. The van der Waals surface area contributed by atoms with E-state index in [0.29, 0.717) is 12.1 Å². The van der Waals surface area contributed by atoms with E-state index in [2.05, 4.69) is 28.7 Å². The highest BCUT2D eigenvalue weighted by atomic mass is 32.1. The number of nitrogens with zero attached hydrogens (tertiary/aromatic N) is 3. The van der Waals surface area contributed by atoms with Crippen LogP contribution in [0.5, 0.6) is 0 Å². The topological polar surface area (TPSA) is 80.7 Å². The molecule has 0 saturated heterocycles. The summed E-state index contributed by atoms with van der Waals surface area (Å²) in [5.74, 6) is -0.163. The van der Waals surface area contributed by atoms with E-state index in [4.69, 9.17) is 10.7 Å². The number of rotatable bonds is 6. The molecule has 1 aromatic heterocycles. The van der Waals surface area contributed by atoms with Gasteiger partial charge in [0.15, 0.2) is 0 Å². The van der Waals surface area contributed by atoms with Crippen molar-refractivity contribution in [1.82, 2.24) is 4.98 Å². The van der Waals surface area contributed by atoms with Crippen molar-refractivity contribution in [2.24, 2.45) is 15.7 Å². The van der Waals surface area contributed by atoms with E-state index in [1.807, 2.05) is 32.0 Å². The number of benzene rings is 1. The first-order valence-electron chi connectivity index (χ1n) is 8.15. The largest absolute Gasteiger partial charge is 0.384 e. The van der Waals surface area contributed by atoms with Crippen LogP contribution in [0.15, 0.2) is 53.0 Å². The summed E-state index contributed by atoms with van der Waals surface area (Å²) in [6, 6.07) is 10.1. The molecule has 1 aromatic carbocycles. The summed E-state index contributed by atoms with van der Waals surface area (Å²) < 4.78 is 0. The fourth-order valence-corrected chi connectivity index (χ4v) is 3.34. The van der Waals surface area contributed by atoms with Crippen molar-refractivity contribution in [2.45, 2.75) is 27.2 Å². The third-order valence-corrected chi connectivity index (χ3v) is 4.73. The zero-order valence-electron chi connectivity index (χ0n) is 15.2. The Labute approximate surface area is 157 Å². The van der Waals surface area contributed by atoms with Crippen molar-refractivity contribution >= 4 is 40.6 Å². The molecule has 0 atom stereocenters. The number of hydrogen-bond acceptors (Lipinski definition) is 4. The number of aromatic nitrogens is 1. The van der Waals surface area contributed by atoms with E-state index < -0.39 is 0 Å². The standard InChI is InChI=1S/C20H22N4OS/c1-5-22-14(3)19-17(12-16-9-7-6-8-10-16)24-20(26-19)13(2)11-18(21)23-15(4)25/h5-11H,3,12H2,1-2,4H3,(H2,21,23,25)/b13-11+,22-5?. The Kier molecular flexibility index (Phi) is 6.74. The second kappa shape index (κ2) is 9.01. The van der Waals surface area contributed by atoms with Gasteiger partial charge in [0.1, 0.15) is 10.8 Å². The number of amidine groups is 1. The van der Waals surface area contributed by atoms with Crippen LogP contribution < -0.4 is 5.73 Å². The molecule has 5 nitrogen and oxygen atoms in total. The third kappa shape index (κ3) is 5.32. The summed E-state index contributed by atoms with van der Waals surface area (Å²) >= 11 is 1.51. The second-order valence-corrected chi connectivity index (χ2v) is 6.67. The lowest BCUT2D eigenvalue weighted by Gasteiger charge is -2.02. The minimum absolute atomic E-state index is 0.168. The highest BCUT2D eigenvalue weighted by Crippen LogP contribution is 2.31. The fraction of sp³-hybridized carbons (Fsp3) is 0.200. The monoisotopic (exact) mass is 366 g/mol. The molecule has 1 amide bonds. The number of allylic oxidation sites excluding steroid dienone is 1. The van der Waals surface area contributed by atoms with Gasteiger partial charge in [-0.15, -0.1) is 11.3 Å². The average Bonchev–Trinajstić information content (AvgIpc) is 2.99. The Balaban J connectivity index is 2.42. The molecule has 0 spiro atoms. The van der Waals surface area contributed by atoms with Gasteiger partial charge >= 0.3 is 0 Å². The van der Waals surface area contributed by atoms with Crippen LogP contribution in [-0.2, 0) is 11.2 Å². The van der Waals surface area contributed by atoms with Gasteiger partial charge in [0.05, 0.1) is 16.3 Å². The Morgan fingerprint density at radius 2 is 2.00 bits per heavy atom. The zero-order valence-corrected chi connectivity index (χ0v) is 16.0. The summed E-state index contributed by atoms with van der Waals surface area (Å²) in [4.78, 5) is 24.8. The molecule has 0 aliphatic heterocycles. The molecule has 0 unspecified atom stereocenters. The second-order valence-electron chi connectivity index (χ2n) is 5.67. The van der Waals surface area contributed by atoms with E-state index in [-0.39, 0.29) is 11.7 Å². The molecule has 0 saturated carbocycles. The molecular formula is C20H22N4OS. The molecular weight excluding hydrogens is 344 g/mol. The number of amides is 1. The van der Waals surface area contributed by atoms with Crippen LogP contribution in [0.4, 0.5) is 0 Å². The van der Waals surface area contributed by atoms with Crippen molar-refractivity contribution in [3.63, 3.8) is 0 Å². The van der Waals surface area contributed by atoms with Crippen LogP contribution in [0.25, 0.3) is 11.3 Å². The molecule has 0 radical (unpaired) electrons. The van der Waals surface area contributed by atoms with E-state index >= 15 is 0 Å². The normalized spacial score (nSPS) is 12.6. The Hall–Kier alpha value is -2.86. The summed E-state index contributed by atoms with van der Waals surface area (Å²) in [5.41, 5.74) is 9.38. The van der Waals surface area contributed by atoms with Gasteiger partial charge in [-0.05, 0) is 31.1 Å². The van der Waals surface area contributed by atoms with Gasteiger partial charge in [-0.2, -0.15) is 4.99 Å². The molecule has 2 aromatic rings. The van der Waals surface area contributed by atoms with Crippen LogP contribution in [0.2, 0.25) is 0 Å². The molecule has 2 rings (SSSR count). The molecule has 26 heavy (non-hydrogen) atoms. The van der Waals surface area contributed by atoms with Crippen molar-refractivity contribution in [3.05, 3.63) is 64.1 Å². The van der Waals surface area contributed by atoms with Crippen LogP contribution in [-0.4, -0.2) is 22.9 Å². The highest BCUT2D eigenvalue weighted by molar-refractivity contribution is 7.14. The van der Waals surface area contributed by atoms with E-state index in [0.717, 1.165) is 26.7 Å². The van der Waals surface area contributed by atoms with Gasteiger partial charge in [0, 0.05) is 19.6 Å². The van der Waals surface area contributed by atoms with Crippen molar-refractivity contribution in [3.8, 4) is 0 Å². The Bertz CT molecular complexity index is 892. The molecule has 1 heterocycles. The molecule has 0 aliphatic rings. The summed E-state index contributed by atoms with van der Waals surface area (Å²) in [6.45, 7) is 9.16. The molecule has 0 aliphatic carbocycles. The predicted molar refractivity (Wildman–Crippen MR) is 111 cm³/mol. The maximum atomic E-state index is 11.1. The molecule has 134 valence electrons. The Morgan fingerprint density at radius 3 is 2.62 bits per heavy atom. The summed E-state index contributed by atoms with van der Waals surface area (Å²) in [7, 11) is 0. The van der Waals surface area contributed by atoms with Crippen LogP contribution >= 0.6 is 11.3 Å². The third-order valence-electron chi connectivity index (χ3n) is 3.45. The minimum Gasteiger partial charge on any atom is -0.384 e. The maximum absolute atomic E-state index is 11.1. The lowest BCUT2D eigenvalue weighted by Crippen LogP contribution is -2.10. The Morgan fingerprint density at radius 1 is 1.31 bits per heavy atom. The first kappa shape index (κ1) is 19.5. The van der Waals surface area contributed by atoms with Gasteiger partial charge in [-0.3, -0.25) is 9.79 Å². The van der Waals surface area contributed by atoms with Crippen LogP contribution in [0.3, 0.4) is 0 Å². The lowest BCUT2D eigenvalue weighted by molar-refractivity contribution is -0.115. The highest BCUT2D eigenvalue weighted by Gasteiger charge is 2.15. The fourth-order valence-electron chi connectivity index (χ4n) is 2.37. The number of aliphatic imine (C=N–C) groups is 2. The number of carbonyl (C=O) groups excluding carboxylic acids is 1. The van der Waals surface area contributed by atoms with Gasteiger partial charge in [0.25, 0.3) is 0 Å². The number of thiazole rings is 1. The van der Waals surface area contributed by atoms with E-state index in [1.165, 1.54) is 18.3 Å². The SMILES string of the molecule is C=C(N=CC)c1sc(/C(C)=C/C(N)=NC(C)=O)nc1Cc1ccccc1. The first-order chi connectivity index (χ1) is 12.4. The molecule has 0 bridgehead atoms. The van der Waals surface area contributed by atoms with Gasteiger partial charge in [0.2, 0.25) is 5.91 Å². The van der Waals surface area contributed by atoms with Crippen molar-refractivity contribution < 1.29 is 4.79 Å². The number of nitrogens with two attached hydrogens (primary N) is 1. The van der Waals surface area contributed by atoms with Crippen molar-refractivity contribution in [2.75, 3.05) is 0 Å². The summed E-state index contributed by atoms with van der Waals surface area (Å²) in [6.07, 6.45) is 4.06. The minimum atomic E-state index is -0.332. The van der Waals surface area contributed by atoms with E-state index in [1.54, 1.807) is 12.3 Å². The van der Waals surface area contributed by atoms with Gasteiger partial charge in [-0.1, -0.05) is 36.9 Å². The molecule has 6 heteroatoms. The predicted octanol–water partition coefficient (Wildman–Crippen LogP) is 4.10. The summed E-state index contributed by atoms with van der Waals surface area (Å²) in [5, 5.41) is 0.806. The first-order valence-corrected chi connectivity index (χ1v) is 8.97. The van der Waals surface area contributed by atoms with Gasteiger partial charge in [-0.25, -0.2) is 4.98 Å². The van der Waals surface area contributed by atoms with Crippen LogP contribution in [0.1, 0.15) is 41.9 Å². The maximum Gasteiger partial charge on any atom is 0.244 e.